The molecule has 156 valence electrons. The molecule has 30 heavy (non-hydrogen) atoms. The summed E-state index contributed by atoms with van der Waals surface area (Å²) in [5, 5.41) is 3.94. The Morgan fingerprint density at radius 3 is 2.57 bits per heavy atom. The third-order valence-corrected chi connectivity index (χ3v) is 6.74. The van der Waals surface area contributed by atoms with Gasteiger partial charge >= 0.3 is 0 Å². The lowest BCUT2D eigenvalue weighted by molar-refractivity contribution is -0.120. The predicted octanol–water partition coefficient (Wildman–Crippen LogP) is 4.70. The number of carbonyl (C=O) groups is 1. The highest BCUT2D eigenvalue weighted by Crippen LogP contribution is 2.32. The predicted molar refractivity (Wildman–Crippen MR) is 122 cm³/mol. The number of nitrogens with zero attached hydrogens (tertiary/aromatic N) is 2. The van der Waals surface area contributed by atoms with Crippen LogP contribution in [0.2, 0.25) is 0 Å². The van der Waals surface area contributed by atoms with Gasteiger partial charge in [0.05, 0.1) is 16.2 Å². The van der Waals surface area contributed by atoms with E-state index in [4.69, 9.17) is 4.98 Å². The number of hydrogen-bond donors (Lipinski definition) is 1. The van der Waals surface area contributed by atoms with Crippen LogP contribution in [-0.4, -0.2) is 20.7 Å². The van der Waals surface area contributed by atoms with Crippen LogP contribution in [0.5, 0.6) is 0 Å². The molecule has 1 N–H and O–H groups in total. The van der Waals surface area contributed by atoms with Gasteiger partial charge in [-0.05, 0) is 37.5 Å². The van der Waals surface area contributed by atoms with Crippen LogP contribution in [-0.2, 0) is 11.3 Å². The fraction of sp³-hybridized carbons (Fsp3) is 0.375. The number of benzene rings is 2. The maximum absolute atomic E-state index is 13.3. The second kappa shape index (κ2) is 9.47. The molecule has 1 heterocycles. The second-order valence-electron chi connectivity index (χ2n) is 7.84. The number of aromatic nitrogens is 2. The Morgan fingerprint density at radius 1 is 1.10 bits per heavy atom. The lowest BCUT2D eigenvalue weighted by Gasteiger charge is -2.26. The highest BCUT2D eigenvalue weighted by Gasteiger charge is 2.24. The molecule has 1 aliphatic rings. The van der Waals surface area contributed by atoms with Gasteiger partial charge in [-0.15, -0.1) is 0 Å². The molecule has 1 atom stereocenters. The standard InChI is InChI=1S/C24H27N3O2S/c1-17(22(28)25-16-18-10-4-2-5-11-18)30-24-26-21-15-9-8-14-20(21)23(29)27(24)19-12-6-3-7-13-19/h2,4-5,8-11,14-15,17,19H,3,6-7,12-13,16H2,1H3,(H,25,28)/t17-/m1/s1. The van der Waals surface area contributed by atoms with Crippen molar-refractivity contribution in [1.82, 2.24) is 14.9 Å². The van der Waals surface area contributed by atoms with E-state index in [9.17, 15) is 9.59 Å². The summed E-state index contributed by atoms with van der Waals surface area (Å²) in [5.41, 5.74) is 1.76. The monoisotopic (exact) mass is 421 g/mol. The first-order valence-electron chi connectivity index (χ1n) is 10.6. The third kappa shape index (κ3) is 4.59. The third-order valence-electron chi connectivity index (χ3n) is 5.68. The largest absolute Gasteiger partial charge is 0.351 e. The highest BCUT2D eigenvalue weighted by molar-refractivity contribution is 8.00. The Balaban J connectivity index is 1.58. The van der Waals surface area contributed by atoms with E-state index in [-0.39, 0.29) is 22.8 Å². The smallest absolute Gasteiger partial charge is 0.262 e. The molecule has 2 aromatic carbocycles. The Hall–Kier alpha value is -2.60. The number of thioether (sulfide) groups is 1. The maximum Gasteiger partial charge on any atom is 0.262 e. The highest BCUT2D eigenvalue weighted by atomic mass is 32.2. The molecular weight excluding hydrogens is 394 g/mol. The zero-order chi connectivity index (χ0) is 20.9. The number of nitrogens with one attached hydrogen (secondary N) is 1. The molecule has 3 aromatic rings. The van der Waals surface area contributed by atoms with Gasteiger partial charge in [0.1, 0.15) is 0 Å². The summed E-state index contributed by atoms with van der Waals surface area (Å²) in [7, 11) is 0. The number of carbonyl (C=O) groups excluding carboxylic acids is 1. The van der Waals surface area contributed by atoms with E-state index in [0.717, 1.165) is 31.2 Å². The number of amides is 1. The first kappa shape index (κ1) is 20.7. The zero-order valence-electron chi connectivity index (χ0n) is 17.2. The first-order chi connectivity index (χ1) is 14.6. The van der Waals surface area contributed by atoms with Gasteiger partial charge in [-0.25, -0.2) is 4.98 Å². The van der Waals surface area contributed by atoms with Gasteiger partial charge in [0.25, 0.3) is 5.56 Å². The molecule has 0 unspecified atom stereocenters. The Labute approximate surface area is 180 Å². The second-order valence-corrected chi connectivity index (χ2v) is 9.15. The van der Waals surface area contributed by atoms with Crippen LogP contribution < -0.4 is 10.9 Å². The molecule has 5 nitrogen and oxygen atoms in total. The van der Waals surface area contributed by atoms with Gasteiger partial charge < -0.3 is 5.32 Å². The summed E-state index contributed by atoms with van der Waals surface area (Å²) < 4.78 is 1.85. The average Bonchev–Trinajstić information content (AvgIpc) is 2.79. The van der Waals surface area contributed by atoms with Gasteiger partial charge in [0, 0.05) is 12.6 Å². The van der Waals surface area contributed by atoms with Crippen LogP contribution in [0.4, 0.5) is 0 Å². The Kier molecular flexibility index (Phi) is 6.53. The average molecular weight is 422 g/mol. The topological polar surface area (TPSA) is 64.0 Å². The Bertz CT molecular complexity index is 1070. The molecule has 0 aliphatic heterocycles. The number of hydrogen-bond acceptors (Lipinski definition) is 4. The molecular formula is C24H27N3O2S. The van der Waals surface area contributed by atoms with Crippen molar-refractivity contribution in [2.45, 2.75) is 62.0 Å². The summed E-state index contributed by atoms with van der Waals surface area (Å²) in [5.74, 6) is -0.0542. The number of rotatable bonds is 6. The van der Waals surface area contributed by atoms with Gasteiger partial charge in [0.15, 0.2) is 5.16 Å². The fourth-order valence-corrected chi connectivity index (χ4v) is 5.01. The molecule has 1 amide bonds. The van der Waals surface area contributed by atoms with Crippen molar-refractivity contribution in [1.29, 1.82) is 0 Å². The number of fused-ring (bicyclic) bond motifs is 1. The van der Waals surface area contributed by atoms with Crippen molar-refractivity contribution < 1.29 is 4.79 Å². The summed E-state index contributed by atoms with van der Waals surface area (Å²) in [4.78, 5) is 30.8. The molecule has 1 fully saturated rings. The maximum atomic E-state index is 13.3. The summed E-state index contributed by atoms with van der Waals surface area (Å²) in [6.07, 6.45) is 5.44. The van der Waals surface area contributed by atoms with E-state index >= 15 is 0 Å². The molecule has 1 saturated carbocycles. The van der Waals surface area contributed by atoms with Crippen LogP contribution in [0.1, 0.15) is 50.6 Å². The fourth-order valence-electron chi connectivity index (χ4n) is 4.01. The van der Waals surface area contributed by atoms with E-state index < -0.39 is 0 Å². The molecule has 0 radical (unpaired) electrons. The molecule has 0 spiro atoms. The van der Waals surface area contributed by atoms with Crippen molar-refractivity contribution in [3.05, 3.63) is 70.5 Å². The van der Waals surface area contributed by atoms with Crippen LogP contribution in [0, 0.1) is 0 Å². The molecule has 0 bridgehead atoms. The molecule has 1 aliphatic carbocycles. The Morgan fingerprint density at radius 2 is 1.80 bits per heavy atom. The normalized spacial score (nSPS) is 15.8. The van der Waals surface area contributed by atoms with E-state index in [0.29, 0.717) is 22.6 Å². The van der Waals surface area contributed by atoms with Gasteiger partial charge in [-0.3, -0.25) is 14.2 Å². The molecule has 6 heteroatoms. The van der Waals surface area contributed by atoms with Gasteiger partial charge in [0.2, 0.25) is 5.91 Å². The summed E-state index contributed by atoms with van der Waals surface area (Å²) >= 11 is 1.38. The van der Waals surface area contributed by atoms with Gasteiger partial charge in [-0.2, -0.15) is 0 Å². The minimum atomic E-state index is -0.350. The minimum absolute atomic E-state index is 0.00638. The zero-order valence-corrected chi connectivity index (χ0v) is 18.0. The lowest BCUT2D eigenvalue weighted by atomic mass is 9.95. The first-order valence-corrected chi connectivity index (χ1v) is 11.5. The quantitative estimate of drug-likeness (QED) is 0.463. The van der Waals surface area contributed by atoms with E-state index in [1.165, 1.54) is 18.2 Å². The van der Waals surface area contributed by atoms with Crippen molar-refractivity contribution in [3.8, 4) is 0 Å². The summed E-state index contributed by atoms with van der Waals surface area (Å²) in [6, 6.07) is 17.5. The van der Waals surface area contributed by atoms with Crippen LogP contribution >= 0.6 is 11.8 Å². The minimum Gasteiger partial charge on any atom is -0.351 e. The van der Waals surface area contributed by atoms with E-state index in [2.05, 4.69) is 5.32 Å². The van der Waals surface area contributed by atoms with Crippen molar-refractivity contribution in [2.75, 3.05) is 0 Å². The van der Waals surface area contributed by atoms with Crippen LogP contribution in [0.15, 0.2) is 64.5 Å². The number of para-hydroxylation sites is 1. The van der Waals surface area contributed by atoms with Crippen molar-refractivity contribution in [2.24, 2.45) is 0 Å². The van der Waals surface area contributed by atoms with Crippen LogP contribution in [0.3, 0.4) is 0 Å². The van der Waals surface area contributed by atoms with Crippen LogP contribution in [0.25, 0.3) is 10.9 Å². The lowest BCUT2D eigenvalue weighted by Crippen LogP contribution is -2.33. The van der Waals surface area contributed by atoms with E-state index in [1.807, 2.05) is 66.1 Å². The SMILES string of the molecule is C[C@@H](Sc1nc2ccccc2c(=O)n1C1CCCCC1)C(=O)NCc1ccccc1. The summed E-state index contributed by atoms with van der Waals surface area (Å²) in [6.45, 7) is 2.36. The molecule has 0 saturated heterocycles. The van der Waals surface area contributed by atoms with E-state index in [1.54, 1.807) is 0 Å². The van der Waals surface area contributed by atoms with Gasteiger partial charge in [-0.1, -0.05) is 73.5 Å². The molecule has 1 aromatic heterocycles. The van der Waals surface area contributed by atoms with Crippen molar-refractivity contribution in [3.63, 3.8) is 0 Å². The van der Waals surface area contributed by atoms with Crippen molar-refractivity contribution >= 4 is 28.6 Å². The molecule has 4 rings (SSSR count).